The Labute approximate surface area is 307 Å². The summed E-state index contributed by atoms with van der Waals surface area (Å²) in [4.78, 5) is 54.9. The average molecular weight is 716 g/mol. The molecule has 5 rings (SSSR count). The van der Waals surface area contributed by atoms with E-state index in [9.17, 15) is 24.3 Å². The van der Waals surface area contributed by atoms with E-state index in [0.717, 1.165) is 5.56 Å². The molecule has 0 spiro atoms. The molecule has 2 fully saturated rings. The number of hydrogen-bond donors (Lipinski definition) is 1. The third-order valence-corrected chi connectivity index (χ3v) is 11.8. The zero-order chi connectivity index (χ0) is 38.2. The summed E-state index contributed by atoms with van der Waals surface area (Å²) in [5.41, 5.74) is -0.305. The van der Waals surface area contributed by atoms with Crippen molar-refractivity contribution in [3.8, 4) is 0 Å². The lowest BCUT2D eigenvalue weighted by molar-refractivity contribution is -0.169. The maximum Gasteiger partial charge on any atom is 0.338 e. The van der Waals surface area contributed by atoms with E-state index in [2.05, 4.69) is 6.58 Å². The molecule has 2 aromatic carbocycles. The molecule has 0 aromatic heterocycles. The van der Waals surface area contributed by atoms with Gasteiger partial charge >= 0.3 is 23.9 Å². The van der Waals surface area contributed by atoms with Crippen LogP contribution in [-0.2, 0) is 33.3 Å². The van der Waals surface area contributed by atoms with E-state index in [1.54, 1.807) is 44.2 Å². The molecular weight excluding hydrogens is 662 g/mol. The lowest BCUT2D eigenvalue weighted by Crippen LogP contribution is -2.52. The fraction of sp³-hybridized carbons (Fsp3) is 0.524. The molecule has 3 aliphatic carbocycles. The van der Waals surface area contributed by atoms with Crippen molar-refractivity contribution in [3.63, 3.8) is 0 Å². The molecule has 280 valence electrons. The van der Waals surface area contributed by atoms with Crippen molar-refractivity contribution in [2.75, 3.05) is 14.1 Å². The van der Waals surface area contributed by atoms with Crippen molar-refractivity contribution in [2.24, 2.45) is 16.7 Å². The zero-order valence-corrected chi connectivity index (χ0v) is 31.6. The molecule has 2 aromatic rings. The minimum absolute atomic E-state index is 0.125. The molecule has 0 amide bonds. The number of ether oxygens (including phenoxy) is 4. The van der Waals surface area contributed by atoms with Crippen LogP contribution in [0.1, 0.15) is 95.6 Å². The predicted octanol–water partition coefficient (Wildman–Crippen LogP) is 6.53. The van der Waals surface area contributed by atoms with Gasteiger partial charge in [0.15, 0.2) is 6.10 Å². The first-order chi connectivity index (χ1) is 24.4. The second kappa shape index (κ2) is 15.0. The van der Waals surface area contributed by atoms with Crippen LogP contribution in [0, 0.1) is 16.7 Å². The zero-order valence-electron chi connectivity index (χ0n) is 31.6. The van der Waals surface area contributed by atoms with Gasteiger partial charge < -0.3 is 29.0 Å². The molecule has 10 nitrogen and oxygen atoms in total. The minimum atomic E-state index is -1.44. The summed E-state index contributed by atoms with van der Waals surface area (Å²) < 4.78 is 24.7. The molecule has 2 saturated carbocycles. The standard InChI is InChI=1S/C42H53NO9/c1-25-31-23-42(40(5,6)48)24-34(49-27(3)44)26(2)36(42)37(52-39(47)30-18-14-11-15-19-30)38(50-28(4)45)41(31,7)21-20-33(25)51-35(46)22-32(43(8)9)29-16-12-10-13-17-29/h10-19,31-34,37-38,48H,1,20-24H2,2-9H3. The van der Waals surface area contributed by atoms with Gasteiger partial charge in [-0.05, 0) is 94.5 Å². The molecule has 3 aliphatic rings. The Morgan fingerprint density at radius 1 is 0.904 bits per heavy atom. The molecule has 0 aliphatic heterocycles. The Kier molecular flexibility index (Phi) is 11.2. The van der Waals surface area contributed by atoms with Crippen molar-refractivity contribution < 1.29 is 43.2 Å². The lowest BCUT2D eigenvalue weighted by Gasteiger charge is -2.50. The van der Waals surface area contributed by atoms with E-state index >= 15 is 0 Å². The first-order valence-electron chi connectivity index (χ1n) is 18.0. The monoisotopic (exact) mass is 715 g/mol. The highest BCUT2D eigenvalue weighted by Gasteiger charge is 2.66. The number of carbonyl (C=O) groups excluding carboxylic acids is 4. The van der Waals surface area contributed by atoms with Gasteiger partial charge in [-0.25, -0.2) is 4.79 Å². The molecule has 0 bridgehead atoms. The van der Waals surface area contributed by atoms with Gasteiger partial charge in [-0.3, -0.25) is 14.4 Å². The second-order valence-electron chi connectivity index (χ2n) is 15.7. The molecule has 0 saturated heterocycles. The number of carbonyl (C=O) groups is 4. The number of esters is 4. The average Bonchev–Trinajstić information content (AvgIpc) is 3.31. The summed E-state index contributed by atoms with van der Waals surface area (Å²) in [6.07, 6.45) is -2.09. The van der Waals surface area contributed by atoms with Crippen LogP contribution in [0.5, 0.6) is 0 Å². The van der Waals surface area contributed by atoms with Crippen LogP contribution in [0.25, 0.3) is 0 Å². The summed E-state index contributed by atoms with van der Waals surface area (Å²) in [6.45, 7) is 14.4. The summed E-state index contributed by atoms with van der Waals surface area (Å²) >= 11 is 0. The Morgan fingerprint density at radius 2 is 1.50 bits per heavy atom. The molecular formula is C42H53NO9. The van der Waals surface area contributed by atoms with E-state index in [1.165, 1.54) is 13.8 Å². The maximum absolute atomic E-state index is 13.9. The van der Waals surface area contributed by atoms with E-state index in [0.29, 0.717) is 35.1 Å². The molecule has 52 heavy (non-hydrogen) atoms. The molecule has 10 heteroatoms. The molecule has 1 N–H and O–H groups in total. The normalized spacial score (nSPS) is 29.3. The van der Waals surface area contributed by atoms with Crippen LogP contribution in [0.2, 0.25) is 0 Å². The topological polar surface area (TPSA) is 129 Å². The largest absolute Gasteiger partial charge is 0.458 e. The van der Waals surface area contributed by atoms with Crippen molar-refractivity contribution in [1.82, 2.24) is 4.90 Å². The predicted molar refractivity (Wildman–Crippen MR) is 195 cm³/mol. The van der Waals surface area contributed by atoms with Crippen LogP contribution in [0.15, 0.2) is 84.0 Å². The van der Waals surface area contributed by atoms with Crippen molar-refractivity contribution in [3.05, 3.63) is 95.1 Å². The fourth-order valence-electron chi connectivity index (χ4n) is 9.01. The summed E-state index contributed by atoms with van der Waals surface area (Å²) in [7, 11) is 3.84. The van der Waals surface area contributed by atoms with E-state index in [4.69, 9.17) is 18.9 Å². The third kappa shape index (κ3) is 7.46. The van der Waals surface area contributed by atoms with Crippen LogP contribution < -0.4 is 0 Å². The Morgan fingerprint density at radius 3 is 2.06 bits per heavy atom. The van der Waals surface area contributed by atoms with Crippen LogP contribution in [-0.4, -0.2) is 78.0 Å². The van der Waals surface area contributed by atoms with Gasteiger partial charge in [0, 0.05) is 37.1 Å². The third-order valence-electron chi connectivity index (χ3n) is 11.8. The highest BCUT2D eigenvalue weighted by atomic mass is 16.6. The first kappa shape index (κ1) is 38.9. The van der Waals surface area contributed by atoms with E-state index < -0.39 is 64.7 Å². The van der Waals surface area contributed by atoms with Gasteiger partial charge in [-0.1, -0.05) is 62.0 Å². The highest BCUT2D eigenvalue weighted by Crippen LogP contribution is 2.65. The summed E-state index contributed by atoms with van der Waals surface area (Å²) in [5.74, 6) is -2.54. The van der Waals surface area contributed by atoms with Crippen molar-refractivity contribution in [1.29, 1.82) is 0 Å². The van der Waals surface area contributed by atoms with Gasteiger partial charge in [0.2, 0.25) is 0 Å². The van der Waals surface area contributed by atoms with Gasteiger partial charge in [0.05, 0.1) is 17.6 Å². The number of nitrogens with zero attached hydrogens (tertiary/aromatic N) is 1. The quantitative estimate of drug-likeness (QED) is 0.165. The van der Waals surface area contributed by atoms with Crippen LogP contribution in [0.4, 0.5) is 0 Å². The lowest BCUT2D eigenvalue weighted by atomic mass is 9.57. The number of rotatable bonds is 10. The number of hydrogen-bond acceptors (Lipinski definition) is 10. The molecule has 8 unspecified atom stereocenters. The van der Waals surface area contributed by atoms with Gasteiger partial charge in [0.25, 0.3) is 0 Å². The van der Waals surface area contributed by atoms with E-state index in [1.807, 2.05) is 63.2 Å². The molecule has 8 atom stereocenters. The summed E-state index contributed by atoms with van der Waals surface area (Å²) in [5, 5.41) is 12.2. The van der Waals surface area contributed by atoms with Gasteiger partial charge in [-0.2, -0.15) is 0 Å². The molecule has 0 radical (unpaired) electrons. The second-order valence-corrected chi connectivity index (χ2v) is 15.7. The fourth-order valence-corrected chi connectivity index (χ4v) is 9.01. The van der Waals surface area contributed by atoms with Crippen LogP contribution >= 0.6 is 0 Å². The Bertz CT molecular complexity index is 1710. The van der Waals surface area contributed by atoms with Gasteiger partial charge in [-0.15, -0.1) is 0 Å². The highest BCUT2D eigenvalue weighted by molar-refractivity contribution is 5.89. The summed E-state index contributed by atoms with van der Waals surface area (Å²) in [6, 6.07) is 18.1. The number of aliphatic hydroxyl groups is 1. The van der Waals surface area contributed by atoms with Gasteiger partial charge in [0.1, 0.15) is 18.3 Å². The first-order valence-corrected chi connectivity index (χ1v) is 18.0. The SMILES string of the molecule is C=C1C(OC(=O)CC(c2ccccc2)N(C)C)CCC2(C)C1CC1(C(C)(C)O)CC(OC(C)=O)C(C)=C1C(OC(=O)c1ccccc1)C2OC(C)=O. The van der Waals surface area contributed by atoms with E-state index in [-0.39, 0.29) is 31.3 Å². The smallest absolute Gasteiger partial charge is 0.338 e. The minimum Gasteiger partial charge on any atom is -0.458 e. The van der Waals surface area contributed by atoms with Crippen molar-refractivity contribution >= 4 is 23.9 Å². The van der Waals surface area contributed by atoms with Crippen LogP contribution in [0.3, 0.4) is 0 Å². The number of benzene rings is 2. The number of fused-ring (bicyclic) bond motifs is 2. The Hall–Kier alpha value is -4.28. The molecule has 0 heterocycles. The maximum atomic E-state index is 13.9. The Balaban J connectivity index is 1.60. The van der Waals surface area contributed by atoms with Crippen molar-refractivity contribution in [2.45, 2.75) is 110 Å².